The number of aromatic nitrogens is 2. The van der Waals surface area contributed by atoms with Gasteiger partial charge >= 0.3 is 0 Å². The van der Waals surface area contributed by atoms with Crippen LogP contribution in [-0.2, 0) is 4.79 Å². The van der Waals surface area contributed by atoms with Gasteiger partial charge in [0.2, 0.25) is 5.91 Å². The number of hydrogen-bond acceptors (Lipinski definition) is 5. The Morgan fingerprint density at radius 3 is 2.47 bits per heavy atom. The fourth-order valence-electron chi connectivity index (χ4n) is 5.95. The molecule has 1 aromatic heterocycles. The number of amides is 2. The Labute approximate surface area is 223 Å². The van der Waals surface area contributed by atoms with E-state index in [1.165, 1.54) is 6.08 Å². The first-order valence-electron chi connectivity index (χ1n) is 13.3. The van der Waals surface area contributed by atoms with Crippen molar-refractivity contribution in [2.45, 2.75) is 32.7 Å². The van der Waals surface area contributed by atoms with Crippen LogP contribution < -0.4 is 15.8 Å². The molecule has 2 unspecified atom stereocenters. The molecule has 2 aliphatic heterocycles. The number of piperidine rings is 1. The molecule has 3 heterocycles. The smallest absolute Gasteiger partial charge is 0.254 e. The van der Waals surface area contributed by atoms with Gasteiger partial charge in [-0.15, -0.1) is 0 Å². The maximum Gasteiger partial charge on any atom is 0.254 e. The second kappa shape index (κ2) is 10.7. The quantitative estimate of drug-likeness (QED) is 0.428. The van der Waals surface area contributed by atoms with Crippen molar-refractivity contribution in [3.63, 3.8) is 0 Å². The molecule has 198 valence electrons. The molecule has 8 nitrogen and oxygen atoms in total. The highest BCUT2D eigenvalue weighted by Gasteiger charge is 2.41. The zero-order valence-corrected chi connectivity index (χ0v) is 22.0. The van der Waals surface area contributed by atoms with Gasteiger partial charge in [0.05, 0.1) is 6.04 Å². The Morgan fingerprint density at radius 2 is 1.82 bits per heavy atom. The predicted molar refractivity (Wildman–Crippen MR) is 148 cm³/mol. The molecule has 2 aromatic carbocycles. The summed E-state index contributed by atoms with van der Waals surface area (Å²) in [5.74, 6) is 2.62. The molecule has 38 heavy (non-hydrogen) atoms. The van der Waals surface area contributed by atoms with Crippen LogP contribution in [0.15, 0.2) is 67.3 Å². The third-order valence-corrected chi connectivity index (χ3v) is 7.86. The first-order valence-corrected chi connectivity index (χ1v) is 13.3. The summed E-state index contributed by atoms with van der Waals surface area (Å²) < 4.78 is 7.91. The summed E-state index contributed by atoms with van der Waals surface area (Å²) in [6.07, 6.45) is 3.16. The Hall–Kier alpha value is -4.07. The number of rotatable bonds is 7. The third kappa shape index (κ3) is 4.90. The Balaban J connectivity index is 1.47. The zero-order valence-electron chi connectivity index (χ0n) is 22.0. The number of para-hydroxylation sites is 1. The fourth-order valence-corrected chi connectivity index (χ4v) is 5.95. The normalized spacial score (nSPS) is 20.9. The van der Waals surface area contributed by atoms with Crippen LogP contribution in [0, 0.1) is 17.8 Å². The first-order chi connectivity index (χ1) is 18.4. The maximum absolute atomic E-state index is 12.7. The largest absolute Gasteiger partial charge is 0.457 e. The van der Waals surface area contributed by atoms with Gasteiger partial charge in [0.15, 0.2) is 0 Å². The average molecular weight is 514 g/mol. The van der Waals surface area contributed by atoms with Gasteiger partial charge in [0.1, 0.15) is 28.6 Å². The number of benzene rings is 2. The van der Waals surface area contributed by atoms with Gasteiger partial charge in [-0.3, -0.25) is 9.59 Å². The van der Waals surface area contributed by atoms with E-state index in [-0.39, 0.29) is 11.9 Å². The van der Waals surface area contributed by atoms with E-state index < -0.39 is 5.91 Å². The summed E-state index contributed by atoms with van der Waals surface area (Å²) in [7, 11) is 0. The third-order valence-electron chi connectivity index (χ3n) is 7.86. The Morgan fingerprint density at radius 1 is 1.11 bits per heavy atom. The van der Waals surface area contributed by atoms with Gasteiger partial charge in [-0.05, 0) is 73.1 Å². The number of fused-ring (bicyclic) bond motifs is 1. The lowest BCUT2D eigenvalue weighted by molar-refractivity contribution is -0.129. The summed E-state index contributed by atoms with van der Waals surface area (Å²) in [5.41, 5.74) is 7.68. The van der Waals surface area contributed by atoms with Crippen LogP contribution in [0.3, 0.4) is 0 Å². The molecule has 3 N–H and O–H groups in total. The second-order valence-electron chi connectivity index (χ2n) is 10.5. The number of hydrogen-bond donors (Lipinski definition) is 2. The summed E-state index contributed by atoms with van der Waals surface area (Å²) in [5, 5.41) is 8.39. The van der Waals surface area contributed by atoms with Crippen molar-refractivity contribution in [2.24, 2.45) is 23.5 Å². The molecule has 0 aliphatic carbocycles. The molecule has 2 aliphatic rings. The minimum atomic E-state index is -0.508. The number of carbonyl (C=O) groups excluding carboxylic acids is 2. The number of carbonyl (C=O) groups is 2. The first kappa shape index (κ1) is 25.6. The van der Waals surface area contributed by atoms with Crippen molar-refractivity contribution in [3.8, 4) is 22.8 Å². The Kier molecular flexibility index (Phi) is 7.22. The van der Waals surface area contributed by atoms with Crippen LogP contribution in [0.5, 0.6) is 11.5 Å². The molecular weight excluding hydrogens is 478 g/mol. The molecule has 1 fully saturated rings. The minimum absolute atomic E-state index is 0.0165. The standard InChI is InChI=1S/C30H35N5O3/c1-4-26(36)34-17-15-23(24(18-34)19(2)3)25-14-16-32-30-27(29(31)37)28(33-35(25)30)20-10-12-22(13-11-20)38-21-8-6-5-7-9-21/h4-13,19,23-25,32H,1,14-18H2,2-3H3,(H2,31,37)/t23?,24?,25-/m0/s1. The highest BCUT2D eigenvalue weighted by atomic mass is 16.5. The predicted octanol–water partition coefficient (Wildman–Crippen LogP) is 5.10. The van der Waals surface area contributed by atoms with E-state index in [0.717, 1.165) is 30.7 Å². The van der Waals surface area contributed by atoms with Crippen molar-refractivity contribution in [3.05, 3.63) is 72.8 Å². The van der Waals surface area contributed by atoms with Gasteiger partial charge in [-0.25, -0.2) is 4.68 Å². The Bertz CT molecular complexity index is 1320. The molecule has 5 rings (SSSR count). The van der Waals surface area contributed by atoms with E-state index in [2.05, 4.69) is 25.7 Å². The second-order valence-corrected chi connectivity index (χ2v) is 10.5. The number of nitrogens with one attached hydrogen (secondary N) is 1. The van der Waals surface area contributed by atoms with Gasteiger partial charge in [0.25, 0.3) is 5.91 Å². The molecule has 0 radical (unpaired) electrons. The summed E-state index contributed by atoms with van der Waals surface area (Å²) in [6.45, 7) is 10.2. The van der Waals surface area contributed by atoms with E-state index >= 15 is 0 Å². The van der Waals surface area contributed by atoms with E-state index in [0.29, 0.717) is 53.7 Å². The number of primary amides is 1. The molecule has 3 atom stereocenters. The average Bonchev–Trinajstić information content (AvgIpc) is 3.33. The lowest BCUT2D eigenvalue weighted by Crippen LogP contribution is -2.48. The molecule has 0 spiro atoms. The lowest BCUT2D eigenvalue weighted by atomic mass is 9.73. The fraction of sp³-hybridized carbons (Fsp3) is 0.367. The van der Waals surface area contributed by atoms with Crippen molar-refractivity contribution >= 4 is 17.6 Å². The van der Waals surface area contributed by atoms with E-state index in [1.54, 1.807) is 0 Å². The van der Waals surface area contributed by atoms with E-state index in [4.69, 9.17) is 15.6 Å². The maximum atomic E-state index is 12.7. The van der Waals surface area contributed by atoms with Gasteiger partial charge < -0.3 is 20.7 Å². The van der Waals surface area contributed by atoms with Crippen molar-refractivity contribution in [1.82, 2.24) is 14.7 Å². The number of likely N-dealkylation sites (tertiary alicyclic amines) is 1. The molecular formula is C30H35N5O3. The van der Waals surface area contributed by atoms with Crippen LogP contribution in [-0.4, -0.2) is 46.1 Å². The number of anilines is 1. The van der Waals surface area contributed by atoms with Gasteiger partial charge in [-0.1, -0.05) is 38.6 Å². The molecule has 1 saturated heterocycles. The zero-order chi connectivity index (χ0) is 26.8. The van der Waals surface area contributed by atoms with E-state index in [9.17, 15) is 9.59 Å². The topological polar surface area (TPSA) is 102 Å². The number of nitrogens with zero attached hydrogens (tertiary/aromatic N) is 3. The van der Waals surface area contributed by atoms with Gasteiger partial charge in [0, 0.05) is 25.2 Å². The molecule has 3 aromatic rings. The van der Waals surface area contributed by atoms with Crippen LogP contribution in [0.1, 0.15) is 43.1 Å². The minimum Gasteiger partial charge on any atom is -0.457 e. The highest BCUT2D eigenvalue weighted by molar-refractivity contribution is 6.03. The van der Waals surface area contributed by atoms with Crippen LogP contribution in [0.2, 0.25) is 0 Å². The van der Waals surface area contributed by atoms with Crippen molar-refractivity contribution in [1.29, 1.82) is 0 Å². The summed E-state index contributed by atoms with van der Waals surface area (Å²) in [4.78, 5) is 26.9. The number of ether oxygens (including phenoxy) is 1. The van der Waals surface area contributed by atoms with Crippen LogP contribution in [0.25, 0.3) is 11.3 Å². The number of nitrogens with two attached hydrogens (primary N) is 1. The summed E-state index contributed by atoms with van der Waals surface area (Å²) >= 11 is 0. The van der Waals surface area contributed by atoms with E-state index in [1.807, 2.05) is 64.2 Å². The lowest BCUT2D eigenvalue weighted by Gasteiger charge is -2.45. The summed E-state index contributed by atoms with van der Waals surface area (Å²) in [6, 6.07) is 17.2. The van der Waals surface area contributed by atoms with Crippen molar-refractivity contribution < 1.29 is 14.3 Å². The molecule has 8 heteroatoms. The van der Waals surface area contributed by atoms with Crippen molar-refractivity contribution in [2.75, 3.05) is 25.0 Å². The SMILES string of the molecule is C=CC(=O)N1CCC([C@@H]2CCNc3c(C(N)=O)c(-c4ccc(Oc5ccccc5)cc4)nn32)C(C(C)C)C1. The van der Waals surface area contributed by atoms with Crippen LogP contribution in [0.4, 0.5) is 5.82 Å². The van der Waals surface area contributed by atoms with Gasteiger partial charge in [-0.2, -0.15) is 5.10 Å². The molecule has 2 amide bonds. The molecule has 0 saturated carbocycles. The highest BCUT2D eigenvalue weighted by Crippen LogP contribution is 2.43. The molecule has 0 bridgehead atoms. The monoisotopic (exact) mass is 513 g/mol. The van der Waals surface area contributed by atoms with Crippen LogP contribution >= 0.6 is 0 Å².